The van der Waals surface area contributed by atoms with Gasteiger partial charge in [-0.15, -0.1) is 0 Å². The monoisotopic (exact) mass is 574 g/mol. The topological polar surface area (TPSA) is 87.4 Å². The maximum absolute atomic E-state index is 12.3. The first kappa shape index (κ1) is 28.3. The fourth-order valence-electron chi connectivity index (χ4n) is 4.95. The van der Waals surface area contributed by atoms with E-state index in [2.05, 4.69) is 0 Å². The summed E-state index contributed by atoms with van der Waals surface area (Å²) in [5, 5.41) is 11.9. The highest BCUT2D eigenvalue weighted by Gasteiger charge is 2.22. The normalized spacial score (nSPS) is 12.0. The third kappa shape index (κ3) is 6.83. The predicted octanol–water partition coefficient (Wildman–Crippen LogP) is 7.30. The molecule has 0 saturated carbocycles. The van der Waals surface area contributed by atoms with Crippen molar-refractivity contribution in [3.63, 3.8) is 0 Å². The molecular weight excluding hydrogens is 544 g/mol. The summed E-state index contributed by atoms with van der Waals surface area (Å²) in [6.07, 6.45) is -1.25. The van der Waals surface area contributed by atoms with Crippen molar-refractivity contribution in [2.45, 2.75) is 19.5 Å². The molecule has 0 spiro atoms. The van der Waals surface area contributed by atoms with Crippen molar-refractivity contribution in [3.05, 3.63) is 148 Å². The molecule has 1 aliphatic heterocycles. The minimum atomic E-state index is -1.25. The largest absolute Gasteiger partial charge is 0.467 e. The van der Waals surface area contributed by atoms with E-state index in [-0.39, 0.29) is 19.0 Å². The zero-order valence-corrected chi connectivity index (χ0v) is 23.3. The summed E-state index contributed by atoms with van der Waals surface area (Å²) in [5.74, 6) is 0.976. The molecule has 0 saturated heterocycles. The average Bonchev–Trinajstić information content (AvgIpc) is 3.05. The van der Waals surface area contributed by atoms with Crippen LogP contribution in [0.25, 0.3) is 33.4 Å². The van der Waals surface area contributed by atoms with Gasteiger partial charge in [0.1, 0.15) is 17.1 Å². The number of benzene rings is 5. The van der Waals surface area contributed by atoms with Gasteiger partial charge in [0, 0.05) is 34.2 Å². The zero-order chi connectivity index (χ0) is 29.4. The van der Waals surface area contributed by atoms with Gasteiger partial charge in [0.05, 0.1) is 13.2 Å². The Hall–Kier alpha value is -4.79. The van der Waals surface area contributed by atoms with Crippen molar-refractivity contribution in [1.82, 2.24) is 0 Å². The molecule has 7 heteroatoms. The van der Waals surface area contributed by atoms with Gasteiger partial charge in [0.25, 0.3) is 0 Å². The summed E-state index contributed by atoms with van der Waals surface area (Å²) in [6, 6.07) is 37.3. The number of aliphatic hydroxyl groups excluding tert-OH is 1. The van der Waals surface area contributed by atoms with Crippen LogP contribution in [0.5, 0.6) is 5.75 Å². The lowest BCUT2D eigenvalue weighted by Gasteiger charge is -2.20. The molecule has 0 bridgehead atoms. The second-order valence-corrected chi connectivity index (χ2v) is 9.95. The number of ether oxygens (including phenoxy) is 4. The second-order valence-electron chi connectivity index (χ2n) is 9.95. The van der Waals surface area contributed by atoms with Gasteiger partial charge in [0.2, 0.25) is 0 Å². The summed E-state index contributed by atoms with van der Waals surface area (Å²) < 4.78 is 29.0. The van der Waals surface area contributed by atoms with Crippen LogP contribution in [-0.4, -0.2) is 18.7 Å². The van der Waals surface area contributed by atoms with E-state index in [9.17, 15) is 9.90 Å². The van der Waals surface area contributed by atoms with Gasteiger partial charge in [-0.2, -0.15) is 0 Å². The smallest absolute Gasteiger partial charge is 0.189 e. The fraction of sp³-hybridized carbons (Fsp3) is 0.139. The molecule has 4 aromatic rings. The van der Waals surface area contributed by atoms with E-state index < -0.39 is 6.29 Å². The van der Waals surface area contributed by atoms with E-state index in [0.717, 1.165) is 33.2 Å². The molecule has 1 atom stereocenters. The number of hydrogen-bond donors (Lipinski definition) is 1. The van der Waals surface area contributed by atoms with Crippen LogP contribution in [0.1, 0.15) is 23.0 Å². The molecule has 0 fully saturated rings. The number of aliphatic hydroxyl groups is 1. The Morgan fingerprint density at radius 2 is 1.35 bits per heavy atom. The van der Waals surface area contributed by atoms with E-state index in [4.69, 9.17) is 23.4 Å². The number of hydrogen-bond acceptors (Lipinski definition) is 7. The molecule has 4 aromatic carbocycles. The first-order valence-corrected chi connectivity index (χ1v) is 13.9. The van der Waals surface area contributed by atoms with Crippen molar-refractivity contribution >= 4 is 11.0 Å². The summed E-state index contributed by atoms with van der Waals surface area (Å²) in [7, 11) is 0. The number of fused-ring (bicyclic) bond motifs is 2. The van der Waals surface area contributed by atoms with E-state index in [1.165, 1.54) is 12.1 Å². The summed E-state index contributed by atoms with van der Waals surface area (Å²) in [4.78, 5) is 12.3. The minimum Gasteiger partial charge on any atom is -0.467 e. The standard InChI is InChI=1S/C36H30O7/c37-27-15-17-31-33(19-27)43-34-20-28(41-23-39-21-25-9-3-1-4-10-25)16-18-32(34)35(31)29-13-7-8-14-30(29)36(38)42-24-40-22-26-11-5-2-6-12-26/h1-20,36,38H,21-24H2. The molecule has 1 aliphatic carbocycles. The fourth-order valence-corrected chi connectivity index (χ4v) is 4.95. The van der Waals surface area contributed by atoms with Crippen LogP contribution in [0.15, 0.2) is 131 Å². The highest BCUT2D eigenvalue weighted by atomic mass is 16.7. The molecule has 2 aliphatic rings. The second kappa shape index (κ2) is 13.5. The van der Waals surface area contributed by atoms with Crippen LogP contribution in [0, 0.1) is 0 Å². The van der Waals surface area contributed by atoms with Gasteiger partial charge in [0.15, 0.2) is 25.3 Å². The van der Waals surface area contributed by atoms with Gasteiger partial charge in [-0.25, -0.2) is 0 Å². The van der Waals surface area contributed by atoms with E-state index in [1.54, 1.807) is 12.1 Å². The highest BCUT2D eigenvalue weighted by Crippen LogP contribution is 2.43. The molecule has 6 rings (SSSR count). The molecule has 1 N–H and O–H groups in total. The Balaban J connectivity index is 1.27. The first-order valence-electron chi connectivity index (χ1n) is 13.9. The molecule has 0 aromatic heterocycles. The Labute approximate surface area is 248 Å². The molecule has 0 radical (unpaired) electrons. The average molecular weight is 575 g/mol. The van der Waals surface area contributed by atoms with Crippen LogP contribution < -0.4 is 10.2 Å². The van der Waals surface area contributed by atoms with Crippen molar-refractivity contribution in [1.29, 1.82) is 0 Å². The summed E-state index contributed by atoms with van der Waals surface area (Å²) in [5.41, 5.74) is 5.23. The zero-order valence-electron chi connectivity index (χ0n) is 23.3. The van der Waals surface area contributed by atoms with Gasteiger partial charge in [-0.3, -0.25) is 4.79 Å². The SMILES string of the molecule is O=c1ccc2c(-c3ccccc3C(O)OCOCc3ccccc3)c3ccc(OCOCc4ccccc4)cc3oc-2c1. The lowest BCUT2D eigenvalue weighted by molar-refractivity contribution is -0.176. The Morgan fingerprint density at radius 1 is 0.674 bits per heavy atom. The number of rotatable bonds is 12. The van der Waals surface area contributed by atoms with E-state index >= 15 is 0 Å². The Bertz CT molecular complexity index is 1820. The summed E-state index contributed by atoms with van der Waals surface area (Å²) in [6.45, 7) is 0.759. The third-order valence-electron chi connectivity index (χ3n) is 7.00. The molecule has 43 heavy (non-hydrogen) atoms. The third-order valence-corrected chi connectivity index (χ3v) is 7.00. The Kier molecular flexibility index (Phi) is 8.87. The maximum Gasteiger partial charge on any atom is 0.189 e. The van der Waals surface area contributed by atoms with Crippen molar-refractivity contribution < 1.29 is 28.5 Å². The molecule has 0 amide bonds. The van der Waals surface area contributed by atoms with Crippen molar-refractivity contribution in [2.24, 2.45) is 0 Å². The van der Waals surface area contributed by atoms with Crippen LogP contribution in [0.4, 0.5) is 0 Å². The van der Waals surface area contributed by atoms with Crippen molar-refractivity contribution in [2.75, 3.05) is 13.6 Å². The Morgan fingerprint density at radius 3 is 2.09 bits per heavy atom. The predicted molar refractivity (Wildman–Crippen MR) is 163 cm³/mol. The van der Waals surface area contributed by atoms with E-state index in [1.807, 2.05) is 97.1 Å². The van der Waals surface area contributed by atoms with Gasteiger partial charge >= 0.3 is 0 Å². The van der Waals surface area contributed by atoms with Crippen molar-refractivity contribution in [3.8, 4) is 28.2 Å². The van der Waals surface area contributed by atoms with Crippen LogP contribution in [0.2, 0.25) is 0 Å². The lowest BCUT2D eigenvalue weighted by atomic mass is 9.90. The molecule has 7 nitrogen and oxygen atoms in total. The molecule has 1 heterocycles. The minimum absolute atomic E-state index is 0.0598. The molecule has 216 valence electrons. The maximum atomic E-state index is 12.3. The van der Waals surface area contributed by atoms with Gasteiger partial charge in [-0.05, 0) is 41.0 Å². The lowest BCUT2D eigenvalue weighted by Crippen LogP contribution is -2.09. The van der Waals surface area contributed by atoms with Gasteiger partial charge < -0.3 is 28.5 Å². The highest BCUT2D eigenvalue weighted by molar-refractivity contribution is 6.02. The van der Waals surface area contributed by atoms with Crippen LogP contribution in [0.3, 0.4) is 0 Å². The van der Waals surface area contributed by atoms with Crippen LogP contribution in [-0.2, 0) is 27.4 Å². The molecular formula is C36H30O7. The quantitative estimate of drug-likeness (QED) is 0.0932. The van der Waals surface area contributed by atoms with Crippen LogP contribution >= 0.6 is 0 Å². The van der Waals surface area contributed by atoms with Gasteiger partial charge in [-0.1, -0.05) is 84.9 Å². The summed E-state index contributed by atoms with van der Waals surface area (Å²) >= 11 is 0. The van der Waals surface area contributed by atoms with E-state index in [0.29, 0.717) is 35.9 Å². The first-order chi connectivity index (χ1) is 21.2. The molecule has 1 unspecified atom stereocenters.